The molecule has 1 aromatic heterocycles. The third kappa shape index (κ3) is 6.09. The number of benzene rings is 1. The van der Waals surface area contributed by atoms with Crippen molar-refractivity contribution in [1.82, 2.24) is 15.2 Å². The fourth-order valence-electron chi connectivity index (χ4n) is 3.25. The van der Waals surface area contributed by atoms with E-state index in [1.165, 1.54) is 11.1 Å². The number of aliphatic imine (C=N–C) groups is 1. The summed E-state index contributed by atoms with van der Waals surface area (Å²) in [6.45, 7) is 2.47. The third-order valence-corrected chi connectivity index (χ3v) is 4.88. The monoisotopic (exact) mass is 507 g/mol. The van der Waals surface area contributed by atoms with Crippen LogP contribution in [0.3, 0.4) is 0 Å². The molecule has 0 unspecified atom stereocenters. The molecule has 7 heteroatoms. The molecule has 2 aromatic rings. The molecule has 0 aliphatic carbocycles. The highest BCUT2D eigenvalue weighted by Gasteiger charge is 2.16. The van der Waals surface area contributed by atoms with Crippen molar-refractivity contribution >= 4 is 41.3 Å². The van der Waals surface area contributed by atoms with Gasteiger partial charge in [0.2, 0.25) is 0 Å². The number of hydrogen-bond donors (Lipinski definition) is 1. The highest BCUT2D eigenvalue weighted by molar-refractivity contribution is 14.0. The molecule has 1 N–H and O–H groups in total. The van der Waals surface area contributed by atoms with E-state index >= 15 is 0 Å². The first-order valence-electron chi connectivity index (χ1n) is 9.52. The van der Waals surface area contributed by atoms with Crippen molar-refractivity contribution in [3.05, 3.63) is 59.8 Å². The molecular formula is C22H30IN5O. The number of halogens is 1. The minimum absolute atomic E-state index is 0. The van der Waals surface area contributed by atoms with Crippen LogP contribution in [0.5, 0.6) is 5.75 Å². The summed E-state index contributed by atoms with van der Waals surface area (Å²) in [5.74, 6) is 2.77. The van der Waals surface area contributed by atoms with Crippen LogP contribution in [0.4, 0.5) is 5.82 Å². The maximum Gasteiger partial charge on any atom is 0.194 e. The second kappa shape index (κ2) is 11.0. The van der Waals surface area contributed by atoms with Gasteiger partial charge < -0.3 is 19.9 Å². The van der Waals surface area contributed by atoms with Crippen LogP contribution in [0.15, 0.2) is 53.7 Å². The van der Waals surface area contributed by atoms with Gasteiger partial charge in [0.25, 0.3) is 0 Å². The largest absolute Gasteiger partial charge is 0.497 e. The Morgan fingerprint density at radius 3 is 2.69 bits per heavy atom. The summed E-state index contributed by atoms with van der Waals surface area (Å²) in [6.07, 6.45) is 5.16. The van der Waals surface area contributed by atoms with Crippen LogP contribution in [0.25, 0.3) is 5.57 Å². The van der Waals surface area contributed by atoms with Crippen LogP contribution in [0.2, 0.25) is 0 Å². The Balaban J connectivity index is 0.00000300. The van der Waals surface area contributed by atoms with Gasteiger partial charge in [0.1, 0.15) is 11.6 Å². The number of aromatic nitrogens is 1. The Morgan fingerprint density at radius 2 is 2.10 bits per heavy atom. The summed E-state index contributed by atoms with van der Waals surface area (Å²) in [5, 5.41) is 3.45. The number of nitrogens with one attached hydrogen (secondary N) is 1. The first-order valence-corrected chi connectivity index (χ1v) is 9.52. The molecule has 0 bridgehead atoms. The summed E-state index contributed by atoms with van der Waals surface area (Å²) in [5.41, 5.74) is 3.72. The van der Waals surface area contributed by atoms with Crippen molar-refractivity contribution in [2.45, 2.75) is 13.0 Å². The maximum atomic E-state index is 5.34. The summed E-state index contributed by atoms with van der Waals surface area (Å²) in [6, 6.07) is 12.4. The quantitative estimate of drug-likeness (QED) is 0.381. The summed E-state index contributed by atoms with van der Waals surface area (Å²) < 4.78 is 5.34. The second-order valence-corrected chi connectivity index (χ2v) is 6.98. The molecule has 0 radical (unpaired) electrons. The van der Waals surface area contributed by atoms with E-state index in [4.69, 9.17) is 4.74 Å². The summed E-state index contributed by atoms with van der Waals surface area (Å²) in [7, 11) is 7.52. The van der Waals surface area contributed by atoms with Gasteiger partial charge in [-0.1, -0.05) is 24.3 Å². The van der Waals surface area contributed by atoms with E-state index in [2.05, 4.69) is 44.5 Å². The van der Waals surface area contributed by atoms with Crippen LogP contribution in [-0.2, 0) is 6.54 Å². The average molecular weight is 507 g/mol. The highest BCUT2D eigenvalue weighted by Crippen LogP contribution is 2.25. The molecule has 0 atom stereocenters. The zero-order valence-electron chi connectivity index (χ0n) is 17.6. The van der Waals surface area contributed by atoms with Gasteiger partial charge in [-0.25, -0.2) is 4.98 Å². The summed E-state index contributed by atoms with van der Waals surface area (Å²) >= 11 is 0. The van der Waals surface area contributed by atoms with Gasteiger partial charge in [-0.05, 0) is 41.3 Å². The molecule has 0 saturated carbocycles. The number of pyridine rings is 1. The lowest BCUT2D eigenvalue weighted by molar-refractivity contribution is 0.414. The molecule has 0 spiro atoms. The Labute approximate surface area is 190 Å². The van der Waals surface area contributed by atoms with Gasteiger partial charge in [-0.2, -0.15) is 0 Å². The van der Waals surface area contributed by atoms with E-state index in [0.717, 1.165) is 42.6 Å². The summed E-state index contributed by atoms with van der Waals surface area (Å²) in [4.78, 5) is 13.2. The number of hydrogen-bond acceptors (Lipinski definition) is 4. The van der Waals surface area contributed by atoms with Crippen molar-refractivity contribution in [2.75, 3.05) is 46.2 Å². The van der Waals surface area contributed by atoms with Gasteiger partial charge in [0.05, 0.1) is 7.11 Å². The van der Waals surface area contributed by atoms with E-state index in [1.807, 2.05) is 50.4 Å². The van der Waals surface area contributed by atoms with Gasteiger partial charge in [-0.15, -0.1) is 24.0 Å². The topological polar surface area (TPSA) is 53.0 Å². The Hall–Kier alpha value is -2.29. The van der Waals surface area contributed by atoms with Crippen molar-refractivity contribution < 1.29 is 4.74 Å². The number of methoxy groups -OCH3 is 1. The van der Waals surface area contributed by atoms with E-state index in [0.29, 0.717) is 6.54 Å². The van der Waals surface area contributed by atoms with Crippen molar-refractivity contribution in [1.29, 1.82) is 0 Å². The molecule has 1 aliphatic heterocycles. The molecule has 6 nitrogen and oxygen atoms in total. The normalized spacial score (nSPS) is 14.0. The van der Waals surface area contributed by atoms with Crippen molar-refractivity contribution in [2.24, 2.45) is 4.99 Å². The van der Waals surface area contributed by atoms with Crippen LogP contribution in [-0.4, -0.2) is 57.2 Å². The second-order valence-electron chi connectivity index (χ2n) is 6.98. The van der Waals surface area contributed by atoms with Crippen molar-refractivity contribution in [3.8, 4) is 5.75 Å². The number of ether oxygens (including phenoxy) is 1. The number of rotatable bonds is 5. The van der Waals surface area contributed by atoms with E-state index in [1.54, 1.807) is 7.11 Å². The lowest BCUT2D eigenvalue weighted by Gasteiger charge is -2.30. The predicted octanol–water partition coefficient (Wildman–Crippen LogP) is 3.64. The first-order chi connectivity index (χ1) is 13.6. The first kappa shape index (κ1) is 23.0. The standard InChI is InChI=1S/C22H29N5O.HI/c1-23-22(25-16-17-8-9-21(24-15-17)26(2)3)27-12-10-18(11-13-27)19-6-5-7-20(14-19)28-4;/h5-10,14-15H,11-13,16H2,1-4H3,(H,23,25);1H. The van der Waals surface area contributed by atoms with Crippen LogP contribution >= 0.6 is 24.0 Å². The molecule has 0 fully saturated rings. The molecule has 1 aromatic carbocycles. The van der Waals surface area contributed by atoms with E-state index in [9.17, 15) is 0 Å². The lowest BCUT2D eigenvalue weighted by atomic mass is 9.99. The Morgan fingerprint density at radius 1 is 1.28 bits per heavy atom. The maximum absolute atomic E-state index is 5.34. The van der Waals surface area contributed by atoms with Gasteiger partial charge in [0, 0.05) is 47.0 Å². The molecule has 0 saturated heterocycles. The van der Waals surface area contributed by atoms with E-state index < -0.39 is 0 Å². The smallest absolute Gasteiger partial charge is 0.194 e. The van der Waals surface area contributed by atoms with Crippen LogP contribution in [0.1, 0.15) is 17.5 Å². The molecular weight excluding hydrogens is 477 g/mol. The van der Waals surface area contributed by atoms with Gasteiger partial charge >= 0.3 is 0 Å². The third-order valence-electron chi connectivity index (χ3n) is 4.88. The fraction of sp³-hybridized carbons (Fsp3) is 0.364. The Bertz CT molecular complexity index is 849. The fourth-order valence-corrected chi connectivity index (χ4v) is 3.25. The number of nitrogens with zero attached hydrogens (tertiary/aromatic N) is 4. The number of anilines is 1. The van der Waals surface area contributed by atoms with E-state index in [-0.39, 0.29) is 24.0 Å². The molecule has 156 valence electrons. The zero-order chi connectivity index (χ0) is 19.9. The van der Waals surface area contributed by atoms with Crippen LogP contribution in [0, 0.1) is 0 Å². The number of guanidine groups is 1. The Kier molecular flexibility index (Phi) is 8.75. The molecule has 2 heterocycles. The van der Waals surface area contributed by atoms with Gasteiger partial charge in [-0.3, -0.25) is 4.99 Å². The van der Waals surface area contributed by atoms with Crippen molar-refractivity contribution in [3.63, 3.8) is 0 Å². The SMILES string of the molecule is CN=C(NCc1ccc(N(C)C)nc1)N1CC=C(c2cccc(OC)c2)CC1.I. The highest BCUT2D eigenvalue weighted by atomic mass is 127. The molecule has 29 heavy (non-hydrogen) atoms. The van der Waals surface area contributed by atoms with Crippen LogP contribution < -0.4 is 15.0 Å². The average Bonchev–Trinajstić information content (AvgIpc) is 2.75. The lowest BCUT2D eigenvalue weighted by Crippen LogP contribution is -2.43. The minimum atomic E-state index is 0. The predicted molar refractivity (Wildman–Crippen MR) is 131 cm³/mol. The molecule has 1 aliphatic rings. The van der Waals surface area contributed by atoms with Gasteiger partial charge in [0.15, 0.2) is 5.96 Å². The molecule has 3 rings (SSSR count). The molecule has 0 amide bonds. The minimum Gasteiger partial charge on any atom is -0.497 e. The zero-order valence-corrected chi connectivity index (χ0v) is 19.9.